The first-order valence-corrected chi connectivity index (χ1v) is 7.30. The molecule has 1 aromatic heterocycles. The lowest BCUT2D eigenvalue weighted by Gasteiger charge is -2.05. The van der Waals surface area contributed by atoms with Gasteiger partial charge in [0.15, 0.2) is 0 Å². The molecule has 0 aliphatic carbocycles. The maximum absolute atomic E-state index is 12.2. The summed E-state index contributed by atoms with van der Waals surface area (Å²) in [6.45, 7) is 0.235. The zero-order valence-corrected chi connectivity index (χ0v) is 12.5. The molecular weight excluding hydrogens is 288 g/mol. The molecule has 23 heavy (non-hydrogen) atoms. The van der Waals surface area contributed by atoms with E-state index >= 15 is 0 Å². The van der Waals surface area contributed by atoms with Crippen molar-refractivity contribution in [3.63, 3.8) is 0 Å². The van der Waals surface area contributed by atoms with Gasteiger partial charge >= 0.3 is 6.09 Å². The first-order chi connectivity index (χ1) is 11.3. The summed E-state index contributed by atoms with van der Waals surface area (Å²) in [6.07, 6.45) is 4.38. The minimum Gasteiger partial charge on any atom is -0.444 e. The van der Waals surface area contributed by atoms with Crippen LogP contribution in [0, 0.1) is 0 Å². The van der Waals surface area contributed by atoms with Crippen molar-refractivity contribution in [3.05, 3.63) is 90.9 Å². The molecule has 4 heteroatoms. The molecule has 114 valence electrons. The normalized spacial score (nSPS) is 10.1. The van der Waals surface area contributed by atoms with E-state index in [-0.39, 0.29) is 6.61 Å². The topological polar surface area (TPSA) is 44.1 Å². The van der Waals surface area contributed by atoms with Gasteiger partial charge in [-0.2, -0.15) is 0 Å². The third kappa shape index (κ3) is 3.95. The van der Waals surface area contributed by atoms with Crippen LogP contribution in [0.1, 0.15) is 5.56 Å². The highest BCUT2D eigenvalue weighted by atomic mass is 16.5. The van der Waals surface area contributed by atoms with Crippen LogP contribution in [0.4, 0.5) is 4.79 Å². The molecule has 0 amide bonds. The van der Waals surface area contributed by atoms with Crippen molar-refractivity contribution >= 4 is 17.0 Å². The number of hydrogen-bond acceptors (Lipinski definition) is 3. The van der Waals surface area contributed by atoms with Crippen LogP contribution in [0.3, 0.4) is 0 Å². The Balaban J connectivity index is 1.82. The Morgan fingerprint density at radius 3 is 2.52 bits per heavy atom. The molecule has 3 rings (SSSR count). The summed E-state index contributed by atoms with van der Waals surface area (Å²) in [5, 5.41) is 0.993. The fraction of sp³-hybridized carbons (Fsp3) is 0.0526. The molecule has 0 saturated heterocycles. The summed E-state index contributed by atoms with van der Waals surface area (Å²) < 4.78 is 6.68. The number of carbonyl (C=O) groups excluding carboxylic acids is 1. The second-order valence-corrected chi connectivity index (χ2v) is 4.94. The van der Waals surface area contributed by atoms with Gasteiger partial charge in [-0.05, 0) is 17.7 Å². The number of para-hydroxylation sites is 1. The molecule has 0 radical (unpaired) electrons. The maximum atomic E-state index is 12.2. The maximum Gasteiger partial charge on any atom is 0.418 e. The van der Waals surface area contributed by atoms with Crippen molar-refractivity contribution in [1.29, 1.82) is 0 Å². The SMILES string of the molecule is O=C(OCc1ccccc1)n1cccc2ccccc2ncc1. The minimum atomic E-state index is -0.448. The molecule has 0 aliphatic heterocycles. The molecule has 2 aromatic carbocycles. The van der Waals surface area contributed by atoms with Gasteiger partial charge in [0, 0.05) is 24.0 Å². The highest BCUT2D eigenvalue weighted by Crippen LogP contribution is 2.07. The molecule has 0 N–H and O–H groups in total. The number of benzene rings is 2. The molecule has 0 atom stereocenters. The summed E-state index contributed by atoms with van der Waals surface area (Å²) >= 11 is 0. The fourth-order valence-corrected chi connectivity index (χ4v) is 2.14. The van der Waals surface area contributed by atoms with Gasteiger partial charge in [-0.25, -0.2) is 4.79 Å². The van der Waals surface area contributed by atoms with Crippen molar-refractivity contribution in [3.8, 4) is 0 Å². The second kappa shape index (κ2) is 7.22. The number of aromatic nitrogens is 2. The van der Waals surface area contributed by atoms with E-state index in [9.17, 15) is 4.79 Å². The van der Waals surface area contributed by atoms with Gasteiger partial charge in [-0.1, -0.05) is 54.6 Å². The standard InChI is InChI=1S/C19H16N2O2/c22-19(23-15-16-7-2-1-3-8-16)21-13-6-10-17-9-4-5-11-18(17)20-12-14-21/h1-14H,15H2. The van der Waals surface area contributed by atoms with Crippen LogP contribution >= 0.6 is 0 Å². The van der Waals surface area contributed by atoms with Crippen molar-refractivity contribution in [2.45, 2.75) is 6.61 Å². The molecule has 0 saturated carbocycles. The summed E-state index contributed by atoms with van der Waals surface area (Å²) in [5.74, 6) is 0. The minimum absolute atomic E-state index is 0.235. The molecule has 4 nitrogen and oxygen atoms in total. The van der Waals surface area contributed by atoms with E-state index < -0.39 is 6.09 Å². The molecule has 0 bridgehead atoms. The molecule has 0 fully saturated rings. The fourth-order valence-electron chi connectivity index (χ4n) is 2.14. The van der Waals surface area contributed by atoms with Crippen LogP contribution in [0.2, 0.25) is 0 Å². The lowest BCUT2D eigenvalue weighted by Crippen LogP contribution is -2.12. The van der Waals surface area contributed by atoms with E-state index in [0.29, 0.717) is 0 Å². The van der Waals surface area contributed by atoms with Gasteiger partial charge in [-0.3, -0.25) is 9.55 Å². The Morgan fingerprint density at radius 2 is 1.65 bits per heavy atom. The first kappa shape index (κ1) is 14.8. The molecule has 0 spiro atoms. The zero-order chi connectivity index (χ0) is 15.9. The van der Waals surface area contributed by atoms with E-state index in [1.54, 1.807) is 24.7 Å². The van der Waals surface area contributed by atoms with Gasteiger partial charge in [0.05, 0.1) is 5.52 Å². The highest BCUT2D eigenvalue weighted by Gasteiger charge is 2.02. The van der Waals surface area contributed by atoms with Gasteiger partial charge < -0.3 is 4.74 Å². The summed E-state index contributed by atoms with van der Waals surface area (Å²) in [6, 6.07) is 21.1. The number of fused-ring (bicyclic) bond motifs is 1. The Bertz CT molecular complexity index is 812. The smallest absolute Gasteiger partial charge is 0.418 e. The summed E-state index contributed by atoms with van der Waals surface area (Å²) in [4.78, 5) is 16.5. The number of nitrogens with zero attached hydrogens (tertiary/aromatic N) is 2. The number of carbonyl (C=O) groups is 1. The van der Waals surface area contributed by atoms with Crippen LogP contribution in [0.15, 0.2) is 85.3 Å². The predicted octanol–water partition coefficient (Wildman–Crippen LogP) is 4.35. The largest absolute Gasteiger partial charge is 0.444 e. The van der Waals surface area contributed by atoms with E-state index in [1.807, 2.05) is 60.7 Å². The lowest BCUT2D eigenvalue weighted by molar-refractivity contribution is 0.141. The van der Waals surface area contributed by atoms with E-state index in [0.717, 1.165) is 16.5 Å². The van der Waals surface area contributed by atoms with Crippen LogP contribution in [-0.2, 0) is 11.3 Å². The monoisotopic (exact) mass is 304 g/mol. The summed E-state index contributed by atoms with van der Waals surface area (Å²) in [5.41, 5.74) is 1.80. The highest BCUT2D eigenvalue weighted by molar-refractivity contribution is 5.77. The Morgan fingerprint density at radius 1 is 0.913 bits per heavy atom. The van der Waals surface area contributed by atoms with E-state index in [2.05, 4.69) is 4.98 Å². The average Bonchev–Trinajstić information content (AvgIpc) is 2.70. The Hall–Kier alpha value is -3.14. The predicted molar refractivity (Wildman–Crippen MR) is 89.4 cm³/mol. The first-order valence-electron chi connectivity index (χ1n) is 7.30. The van der Waals surface area contributed by atoms with Gasteiger partial charge in [0.2, 0.25) is 0 Å². The molecule has 1 heterocycles. The van der Waals surface area contributed by atoms with Crippen molar-refractivity contribution in [1.82, 2.24) is 9.55 Å². The van der Waals surface area contributed by atoms with Crippen molar-refractivity contribution in [2.75, 3.05) is 0 Å². The van der Waals surface area contributed by atoms with Crippen LogP contribution in [0.25, 0.3) is 10.9 Å². The number of ether oxygens (including phenoxy) is 1. The molecular formula is C19H16N2O2. The summed E-state index contributed by atoms with van der Waals surface area (Å²) in [7, 11) is 0. The Labute approximate surface area is 134 Å². The van der Waals surface area contributed by atoms with E-state index in [4.69, 9.17) is 4.74 Å². The zero-order valence-electron chi connectivity index (χ0n) is 12.5. The van der Waals surface area contributed by atoms with Crippen LogP contribution in [0.5, 0.6) is 0 Å². The average molecular weight is 304 g/mol. The lowest BCUT2D eigenvalue weighted by atomic mass is 10.2. The number of rotatable bonds is 2. The number of hydrogen-bond donors (Lipinski definition) is 0. The van der Waals surface area contributed by atoms with Gasteiger partial charge in [0.25, 0.3) is 0 Å². The second-order valence-electron chi connectivity index (χ2n) is 4.94. The van der Waals surface area contributed by atoms with Crippen LogP contribution in [-0.4, -0.2) is 15.6 Å². The Kier molecular flexibility index (Phi) is 4.64. The third-order valence-electron chi connectivity index (χ3n) is 3.32. The van der Waals surface area contributed by atoms with Crippen molar-refractivity contribution in [2.24, 2.45) is 0 Å². The van der Waals surface area contributed by atoms with Crippen molar-refractivity contribution < 1.29 is 9.53 Å². The molecule has 0 aliphatic rings. The molecule has 0 unspecified atom stereocenters. The van der Waals surface area contributed by atoms with Gasteiger partial charge in [0.1, 0.15) is 6.61 Å². The third-order valence-corrected chi connectivity index (χ3v) is 3.32. The van der Waals surface area contributed by atoms with Crippen LogP contribution < -0.4 is 0 Å². The van der Waals surface area contributed by atoms with Gasteiger partial charge in [-0.15, -0.1) is 0 Å². The van der Waals surface area contributed by atoms with E-state index in [1.165, 1.54) is 4.57 Å². The molecule has 3 aromatic rings. The quantitative estimate of drug-likeness (QED) is 0.707.